The number of nitrogens with one attached hydrogen (secondary N) is 1. The molecule has 4 rings (SSSR count). The van der Waals surface area contributed by atoms with Gasteiger partial charge in [0.05, 0.1) is 10.7 Å². The number of hydrogen-bond donors (Lipinski definition) is 1. The number of para-hydroxylation sites is 1. The van der Waals surface area contributed by atoms with Crippen LogP contribution in [0.3, 0.4) is 0 Å². The molecule has 7 heteroatoms. The third kappa shape index (κ3) is 3.92. The number of carbonyl (C=O) groups is 1. The fourth-order valence-electron chi connectivity index (χ4n) is 3.19. The number of carbonyl (C=O) groups excluding carboxylic acids is 1. The van der Waals surface area contributed by atoms with Gasteiger partial charge in [-0.15, -0.1) is 0 Å². The molecule has 0 bridgehead atoms. The lowest BCUT2D eigenvalue weighted by Crippen LogP contribution is -2.16. The van der Waals surface area contributed by atoms with Gasteiger partial charge in [0.25, 0.3) is 5.56 Å². The number of halogens is 1. The van der Waals surface area contributed by atoms with Gasteiger partial charge in [-0.25, -0.2) is 4.98 Å². The van der Waals surface area contributed by atoms with Crippen molar-refractivity contribution in [1.82, 2.24) is 14.4 Å². The van der Waals surface area contributed by atoms with Crippen molar-refractivity contribution in [1.29, 1.82) is 0 Å². The van der Waals surface area contributed by atoms with Crippen molar-refractivity contribution in [3.63, 3.8) is 0 Å². The first kappa shape index (κ1) is 18.3. The van der Waals surface area contributed by atoms with Gasteiger partial charge in [-0.1, -0.05) is 29.8 Å². The molecule has 3 heterocycles. The maximum atomic E-state index is 12.1. The fraction of sp³-hybridized carbons (Fsp3) is 0.190. The van der Waals surface area contributed by atoms with Gasteiger partial charge in [0.1, 0.15) is 12.3 Å². The van der Waals surface area contributed by atoms with Gasteiger partial charge < -0.3 is 9.72 Å². The minimum Gasteiger partial charge on any atom is -0.459 e. The molecule has 0 radical (unpaired) electrons. The largest absolute Gasteiger partial charge is 0.459 e. The smallest absolute Gasteiger partial charge is 0.306 e. The number of hydrogen-bond acceptors (Lipinski definition) is 4. The standard InChI is InChI=1S/C21H18ClN3O3/c22-15-8-9-19-24-16(10-20(26)25(19)12-15)13-28-21(27)7-3-4-14-11-23-18-6-2-1-5-17(14)18/h1-2,5-6,8-12,23H,3-4,7,13H2. The zero-order valence-electron chi connectivity index (χ0n) is 15.0. The Hall–Kier alpha value is -3.12. The quantitative estimate of drug-likeness (QED) is 0.502. The molecular weight excluding hydrogens is 378 g/mol. The number of benzene rings is 1. The predicted molar refractivity (Wildman–Crippen MR) is 108 cm³/mol. The van der Waals surface area contributed by atoms with Crippen LogP contribution in [0.25, 0.3) is 16.6 Å². The second-order valence-corrected chi connectivity index (χ2v) is 6.97. The SMILES string of the molecule is O=C(CCCc1c[nH]c2ccccc12)OCc1cc(=O)n2cc(Cl)ccc2n1. The summed E-state index contributed by atoms with van der Waals surface area (Å²) in [6, 6.07) is 12.7. The molecule has 0 fully saturated rings. The molecule has 0 atom stereocenters. The summed E-state index contributed by atoms with van der Waals surface area (Å²) in [6.45, 7) is -0.0275. The van der Waals surface area contributed by atoms with Crippen LogP contribution in [0.1, 0.15) is 24.1 Å². The molecule has 4 aromatic rings. The van der Waals surface area contributed by atoms with E-state index in [9.17, 15) is 9.59 Å². The summed E-state index contributed by atoms with van der Waals surface area (Å²) in [5.74, 6) is -0.307. The summed E-state index contributed by atoms with van der Waals surface area (Å²) in [7, 11) is 0. The summed E-state index contributed by atoms with van der Waals surface area (Å²) < 4.78 is 6.64. The van der Waals surface area contributed by atoms with Crippen molar-refractivity contribution >= 4 is 34.1 Å². The molecule has 3 aromatic heterocycles. The Kier molecular flexibility index (Phi) is 5.12. The summed E-state index contributed by atoms with van der Waals surface area (Å²) in [6.07, 6.45) is 5.27. The molecule has 0 aliphatic rings. The summed E-state index contributed by atoms with van der Waals surface area (Å²) in [4.78, 5) is 31.7. The van der Waals surface area contributed by atoms with Crippen LogP contribution in [0.5, 0.6) is 0 Å². The number of ether oxygens (including phenoxy) is 1. The van der Waals surface area contributed by atoms with E-state index in [-0.39, 0.29) is 18.1 Å². The van der Waals surface area contributed by atoms with Gasteiger partial charge in [-0.2, -0.15) is 0 Å². The Bertz CT molecular complexity index is 1210. The zero-order valence-corrected chi connectivity index (χ0v) is 15.8. The van der Waals surface area contributed by atoms with Crippen LogP contribution < -0.4 is 5.56 Å². The molecule has 0 saturated carbocycles. The van der Waals surface area contributed by atoms with Crippen molar-refractivity contribution in [2.75, 3.05) is 0 Å². The second kappa shape index (κ2) is 7.86. The van der Waals surface area contributed by atoms with Crippen LogP contribution in [0.4, 0.5) is 0 Å². The Morgan fingerprint density at radius 2 is 2.07 bits per heavy atom. The molecule has 0 aliphatic heterocycles. The monoisotopic (exact) mass is 395 g/mol. The average Bonchev–Trinajstić information content (AvgIpc) is 3.10. The molecule has 28 heavy (non-hydrogen) atoms. The lowest BCUT2D eigenvalue weighted by Gasteiger charge is -2.06. The molecule has 0 aliphatic carbocycles. The number of fused-ring (bicyclic) bond motifs is 2. The molecule has 1 N–H and O–H groups in total. The Morgan fingerprint density at radius 1 is 1.21 bits per heavy atom. The number of pyridine rings is 1. The topological polar surface area (TPSA) is 76.5 Å². The number of aromatic amines is 1. The third-order valence-electron chi connectivity index (χ3n) is 4.56. The van der Waals surface area contributed by atoms with Gasteiger partial charge in [0, 0.05) is 35.8 Å². The van der Waals surface area contributed by atoms with Crippen molar-refractivity contribution in [3.8, 4) is 0 Å². The number of aryl methyl sites for hydroxylation is 1. The molecule has 0 saturated heterocycles. The van der Waals surface area contributed by atoms with Gasteiger partial charge in [0.15, 0.2) is 0 Å². The Morgan fingerprint density at radius 3 is 2.96 bits per heavy atom. The lowest BCUT2D eigenvalue weighted by atomic mass is 10.1. The van der Waals surface area contributed by atoms with E-state index < -0.39 is 0 Å². The lowest BCUT2D eigenvalue weighted by molar-refractivity contribution is -0.145. The summed E-state index contributed by atoms with van der Waals surface area (Å²) in [5.41, 5.74) is 2.89. The fourth-order valence-corrected chi connectivity index (χ4v) is 3.35. The van der Waals surface area contributed by atoms with Gasteiger partial charge in [-0.3, -0.25) is 14.0 Å². The minimum absolute atomic E-state index is 0.0275. The van der Waals surface area contributed by atoms with Crippen molar-refractivity contribution in [3.05, 3.63) is 81.5 Å². The number of aromatic nitrogens is 3. The summed E-state index contributed by atoms with van der Waals surface area (Å²) in [5, 5.41) is 1.63. The molecule has 6 nitrogen and oxygen atoms in total. The molecular formula is C21H18ClN3O3. The van der Waals surface area contributed by atoms with Crippen molar-refractivity contribution in [2.24, 2.45) is 0 Å². The second-order valence-electron chi connectivity index (χ2n) is 6.53. The maximum absolute atomic E-state index is 12.1. The zero-order chi connectivity index (χ0) is 19.5. The predicted octanol–water partition coefficient (Wildman–Crippen LogP) is 3.90. The third-order valence-corrected chi connectivity index (χ3v) is 4.78. The van der Waals surface area contributed by atoms with Crippen LogP contribution in [0.15, 0.2) is 59.7 Å². The number of H-pyrrole nitrogens is 1. The molecule has 0 unspecified atom stereocenters. The Balaban J connectivity index is 1.32. The first-order valence-electron chi connectivity index (χ1n) is 8.98. The highest BCUT2D eigenvalue weighted by Crippen LogP contribution is 2.19. The highest BCUT2D eigenvalue weighted by atomic mass is 35.5. The highest BCUT2D eigenvalue weighted by Gasteiger charge is 2.09. The van der Waals surface area contributed by atoms with Crippen LogP contribution >= 0.6 is 11.6 Å². The van der Waals surface area contributed by atoms with Gasteiger partial charge in [-0.05, 0) is 36.6 Å². The van der Waals surface area contributed by atoms with E-state index in [4.69, 9.17) is 16.3 Å². The van der Waals surface area contributed by atoms with E-state index in [1.165, 1.54) is 27.6 Å². The van der Waals surface area contributed by atoms with Crippen LogP contribution in [0, 0.1) is 0 Å². The summed E-state index contributed by atoms with van der Waals surface area (Å²) >= 11 is 5.89. The van der Waals surface area contributed by atoms with E-state index in [0.29, 0.717) is 29.2 Å². The molecule has 142 valence electrons. The normalized spacial score (nSPS) is 11.2. The van der Waals surface area contributed by atoms with Crippen molar-refractivity contribution in [2.45, 2.75) is 25.9 Å². The first-order valence-corrected chi connectivity index (χ1v) is 9.36. The van der Waals surface area contributed by atoms with Crippen LogP contribution in [-0.2, 0) is 22.6 Å². The van der Waals surface area contributed by atoms with Crippen LogP contribution in [-0.4, -0.2) is 20.3 Å². The van der Waals surface area contributed by atoms with E-state index in [2.05, 4.69) is 16.0 Å². The maximum Gasteiger partial charge on any atom is 0.306 e. The minimum atomic E-state index is -0.307. The molecule has 0 amide bonds. The van der Waals surface area contributed by atoms with E-state index in [1.54, 1.807) is 12.1 Å². The van der Waals surface area contributed by atoms with E-state index in [0.717, 1.165) is 11.9 Å². The van der Waals surface area contributed by atoms with E-state index >= 15 is 0 Å². The average molecular weight is 396 g/mol. The molecule has 0 spiro atoms. The van der Waals surface area contributed by atoms with Gasteiger partial charge in [0.2, 0.25) is 0 Å². The number of esters is 1. The highest BCUT2D eigenvalue weighted by molar-refractivity contribution is 6.30. The van der Waals surface area contributed by atoms with Crippen molar-refractivity contribution < 1.29 is 9.53 Å². The van der Waals surface area contributed by atoms with Gasteiger partial charge >= 0.3 is 5.97 Å². The number of nitrogens with zero attached hydrogens (tertiary/aromatic N) is 2. The Labute approximate surface area is 165 Å². The first-order chi connectivity index (χ1) is 13.6. The number of rotatable bonds is 6. The van der Waals surface area contributed by atoms with E-state index in [1.807, 2.05) is 24.4 Å². The van der Waals surface area contributed by atoms with Crippen LogP contribution in [0.2, 0.25) is 5.02 Å². The molecule has 1 aromatic carbocycles.